The summed E-state index contributed by atoms with van der Waals surface area (Å²) in [5.41, 5.74) is 6.85. The summed E-state index contributed by atoms with van der Waals surface area (Å²) < 4.78 is 2.07. The number of rotatable bonds is 4. The van der Waals surface area contributed by atoms with E-state index in [0.29, 0.717) is 6.54 Å². The van der Waals surface area contributed by atoms with E-state index in [-0.39, 0.29) is 17.4 Å². The normalized spacial score (nSPS) is 18.3. The molecule has 1 fully saturated rings. The molecular formula is C22H28N2O2S. The molecule has 4 nitrogen and oxygen atoms in total. The summed E-state index contributed by atoms with van der Waals surface area (Å²) >= 11 is 1.68. The van der Waals surface area contributed by atoms with Crippen LogP contribution in [0, 0.1) is 0 Å². The zero-order valence-electron chi connectivity index (χ0n) is 16.2. The van der Waals surface area contributed by atoms with Gasteiger partial charge in [-0.3, -0.25) is 10.0 Å². The lowest BCUT2D eigenvalue weighted by molar-refractivity contribution is -0.133. The molecule has 0 unspecified atom stereocenters. The first-order valence-electron chi connectivity index (χ1n) is 9.42. The molecule has 0 saturated carbocycles. The third kappa shape index (κ3) is 4.92. The maximum Gasteiger partial charge on any atom is 0.261 e. The molecule has 1 amide bonds. The van der Waals surface area contributed by atoms with Crippen molar-refractivity contribution in [2.24, 2.45) is 0 Å². The lowest BCUT2D eigenvalue weighted by Crippen LogP contribution is -2.44. The van der Waals surface area contributed by atoms with Crippen LogP contribution in [0.15, 0.2) is 48.5 Å². The van der Waals surface area contributed by atoms with Crippen LogP contribution in [0.25, 0.3) is 11.1 Å². The fraction of sp³-hybridized carbons (Fsp3) is 0.409. The molecule has 144 valence electrons. The topological polar surface area (TPSA) is 52.6 Å². The van der Waals surface area contributed by atoms with E-state index in [0.717, 1.165) is 24.2 Å². The minimum absolute atomic E-state index is 0.159. The molecule has 1 saturated heterocycles. The Morgan fingerprint density at radius 2 is 1.70 bits per heavy atom. The fourth-order valence-corrected chi connectivity index (χ4v) is 4.48. The molecule has 0 bridgehead atoms. The predicted molar refractivity (Wildman–Crippen MR) is 112 cm³/mol. The number of nitrogens with one attached hydrogen (secondary N) is 1. The van der Waals surface area contributed by atoms with Gasteiger partial charge in [-0.1, -0.05) is 81.3 Å². The second-order valence-corrected chi connectivity index (χ2v) is 9.20. The SMILES string of the molecule is CC(C)(C)c1ccc(-c2ccc(CN3SCCC[C@@H]3C(=O)NO)cc2)cc1. The second kappa shape index (κ2) is 8.46. The van der Waals surface area contributed by atoms with Gasteiger partial charge in [0.2, 0.25) is 0 Å². The second-order valence-electron chi connectivity index (χ2n) is 8.07. The molecule has 3 rings (SSSR count). The minimum atomic E-state index is -0.322. The van der Waals surface area contributed by atoms with Gasteiger partial charge in [0.1, 0.15) is 6.04 Å². The number of benzene rings is 2. The van der Waals surface area contributed by atoms with E-state index in [1.165, 1.54) is 16.7 Å². The number of carbonyl (C=O) groups is 1. The van der Waals surface area contributed by atoms with E-state index in [4.69, 9.17) is 5.21 Å². The Morgan fingerprint density at radius 3 is 2.26 bits per heavy atom. The highest BCUT2D eigenvalue weighted by Gasteiger charge is 2.29. The molecule has 0 spiro atoms. The van der Waals surface area contributed by atoms with Crippen molar-refractivity contribution in [2.45, 2.75) is 51.6 Å². The summed E-state index contributed by atoms with van der Waals surface area (Å²) in [7, 11) is 0. The molecular weight excluding hydrogens is 356 g/mol. The number of hydroxylamine groups is 1. The van der Waals surface area contributed by atoms with Crippen molar-refractivity contribution in [1.82, 2.24) is 9.79 Å². The standard InChI is InChI=1S/C22H28N2O2S/c1-22(2,3)19-12-10-18(11-13-19)17-8-6-16(7-9-17)15-24-20(21(25)23-26)5-4-14-27-24/h6-13,20,26H,4-5,14-15H2,1-3H3,(H,23,25)/t20-/m1/s1. The van der Waals surface area contributed by atoms with Crippen LogP contribution in [0.1, 0.15) is 44.7 Å². The number of amides is 1. The molecule has 0 radical (unpaired) electrons. The van der Waals surface area contributed by atoms with Crippen molar-refractivity contribution in [3.8, 4) is 11.1 Å². The highest BCUT2D eigenvalue weighted by molar-refractivity contribution is 7.97. The molecule has 1 atom stereocenters. The Hall–Kier alpha value is -1.82. The maximum atomic E-state index is 11.9. The lowest BCUT2D eigenvalue weighted by atomic mass is 9.86. The van der Waals surface area contributed by atoms with Gasteiger partial charge in [-0.2, -0.15) is 0 Å². The van der Waals surface area contributed by atoms with E-state index in [9.17, 15) is 4.79 Å². The van der Waals surface area contributed by atoms with E-state index in [2.05, 4.69) is 73.6 Å². The highest BCUT2D eigenvalue weighted by Crippen LogP contribution is 2.29. The van der Waals surface area contributed by atoms with Gasteiger partial charge in [0.15, 0.2) is 0 Å². The fourth-order valence-electron chi connectivity index (χ4n) is 3.33. The molecule has 1 heterocycles. The highest BCUT2D eigenvalue weighted by atomic mass is 32.2. The van der Waals surface area contributed by atoms with Crippen molar-refractivity contribution < 1.29 is 10.0 Å². The van der Waals surface area contributed by atoms with Crippen LogP contribution in [0.2, 0.25) is 0 Å². The maximum absolute atomic E-state index is 11.9. The van der Waals surface area contributed by atoms with Gasteiger partial charge in [-0.25, -0.2) is 9.79 Å². The smallest absolute Gasteiger partial charge is 0.261 e. The molecule has 1 aliphatic rings. The van der Waals surface area contributed by atoms with Gasteiger partial charge in [0.05, 0.1) is 0 Å². The zero-order valence-corrected chi connectivity index (χ0v) is 17.1. The van der Waals surface area contributed by atoms with Crippen LogP contribution < -0.4 is 5.48 Å². The summed E-state index contributed by atoms with van der Waals surface area (Å²) in [5, 5.41) is 8.97. The number of hydrogen-bond donors (Lipinski definition) is 2. The number of hydrogen-bond acceptors (Lipinski definition) is 4. The van der Waals surface area contributed by atoms with Crippen molar-refractivity contribution in [3.63, 3.8) is 0 Å². The Bertz CT molecular complexity index is 766. The minimum Gasteiger partial charge on any atom is -0.289 e. The van der Waals surface area contributed by atoms with Crippen LogP contribution in [0.4, 0.5) is 0 Å². The molecule has 2 aromatic rings. The largest absolute Gasteiger partial charge is 0.289 e. The zero-order chi connectivity index (χ0) is 19.4. The molecule has 1 aliphatic heterocycles. The van der Waals surface area contributed by atoms with Gasteiger partial charge in [0, 0.05) is 12.3 Å². The summed E-state index contributed by atoms with van der Waals surface area (Å²) in [6, 6.07) is 17.0. The van der Waals surface area contributed by atoms with Gasteiger partial charge in [-0.15, -0.1) is 0 Å². The van der Waals surface area contributed by atoms with Gasteiger partial charge in [0.25, 0.3) is 5.91 Å². The average Bonchev–Trinajstić information content (AvgIpc) is 2.68. The van der Waals surface area contributed by atoms with Crippen LogP contribution in [-0.4, -0.2) is 27.2 Å². The molecule has 2 aromatic carbocycles. The van der Waals surface area contributed by atoms with Crippen molar-refractivity contribution in [1.29, 1.82) is 0 Å². The Kier molecular flexibility index (Phi) is 6.25. The van der Waals surface area contributed by atoms with Crippen molar-refractivity contribution >= 4 is 17.9 Å². The van der Waals surface area contributed by atoms with Gasteiger partial charge < -0.3 is 0 Å². The Morgan fingerprint density at radius 1 is 1.11 bits per heavy atom. The summed E-state index contributed by atoms with van der Waals surface area (Å²) in [5.74, 6) is 0.686. The summed E-state index contributed by atoms with van der Waals surface area (Å²) in [6.07, 6.45) is 1.76. The van der Waals surface area contributed by atoms with Gasteiger partial charge in [-0.05, 0) is 40.5 Å². The predicted octanol–water partition coefficient (Wildman–Crippen LogP) is 4.77. The van der Waals surface area contributed by atoms with E-state index >= 15 is 0 Å². The van der Waals surface area contributed by atoms with E-state index in [1.54, 1.807) is 17.4 Å². The molecule has 0 aromatic heterocycles. The first-order valence-corrected chi connectivity index (χ1v) is 10.4. The Balaban J connectivity index is 1.70. The first kappa shape index (κ1) is 19.9. The van der Waals surface area contributed by atoms with E-state index < -0.39 is 0 Å². The number of nitrogens with zero attached hydrogens (tertiary/aromatic N) is 1. The third-order valence-electron chi connectivity index (χ3n) is 5.02. The average molecular weight is 385 g/mol. The lowest BCUT2D eigenvalue weighted by Gasteiger charge is -2.32. The number of carbonyl (C=O) groups excluding carboxylic acids is 1. The molecule has 27 heavy (non-hydrogen) atoms. The molecule has 5 heteroatoms. The van der Waals surface area contributed by atoms with Crippen molar-refractivity contribution in [2.75, 3.05) is 5.75 Å². The van der Waals surface area contributed by atoms with Crippen LogP contribution >= 0.6 is 11.9 Å². The van der Waals surface area contributed by atoms with Crippen LogP contribution in [0.5, 0.6) is 0 Å². The van der Waals surface area contributed by atoms with Crippen molar-refractivity contribution in [3.05, 3.63) is 59.7 Å². The third-order valence-corrected chi connectivity index (χ3v) is 6.20. The Labute approximate surface area is 166 Å². The molecule has 2 N–H and O–H groups in total. The van der Waals surface area contributed by atoms with Gasteiger partial charge >= 0.3 is 0 Å². The molecule has 0 aliphatic carbocycles. The quantitative estimate of drug-likeness (QED) is 0.453. The van der Waals surface area contributed by atoms with Crippen LogP contribution in [0.3, 0.4) is 0 Å². The summed E-state index contributed by atoms with van der Waals surface area (Å²) in [4.78, 5) is 11.9. The monoisotopic (exact) mass is 384 g/mol. The first-order chi connectivity index (χ1) is 12.9. The summed E-state index contributed by atoms with van der Waals surface area (Å²) in [6.45, 7) is 7.35. The van der Waals surface area contributed by atoms with Crippen LogP contribution in [-0.2, 0) is 16.8 Å². The van der Waals surface area contributed by atoms with E-state index in [1.807, 2.05) is 0 Å².